The zero-order valence-corrected chi connectivity index (χ0v) is 17.9. The van der Waals surface area contributed by atoms with Gasteiger partial charge in [0.2, 0.25) is 0 Å². The summed E-state index contributed by atoms with van der Waals surface area (Å²) in [6.07, 6.45) is 0. The number of aliphatic imine (C=N–C) groups is 1. The molecule has 0 radical (unpaired) electrons. The summed E-state index contributed by atoms with van der Waals surface area (Å²) >= 11 is 1.70. The van der Waals surface area contributed by atoms with E-state index in [9.17, 15) is 10.1 Å². The van der Waals surface area contributed by atoms with E-state index in [2.05, 4.69) is 44.7 Å². The van der Waals surface area contributed by atoms with Crippen molar-refractivity contribution in [1.29, 1.82) is 0 Å². The Bertz CT molecular complexity index is 709. The molecule has 1 heterocycles. The number of para-hydroxylation sites is 2. The summed E-state index contributed by atoms with van der Waals surface area (Å²) in [7, 11) is 1.72. The number of anilines is 1. The highest BCUT2D eigenvalue weighted by Gasteiger charge is 2.11. The molecule has 1 atom stereocenters. The molecule has 1 aromatic heterocycles. The van der Waals surface area contributed by atoms with Gasteiger partial charge in [-0.15, -0.1) is 24.0 Å². The maximum Gasteiger partial charge on any atom is 0.292 e. The Morgan fingerprint density at radius 1 is 1.27 bits per heavy atom. The zero-order chi connectivity index (χ0) is 18.1. The van der Waals surface area contributed by atoms with E-state index >= 15 is 0 Å². The van der Waals surface area contributed by atoms with Crippen molar-refractivity contribution in [2.75, 3.05) is 32.0 Å². The predicted molar refractivity (Wildman–Crippen MR) is 119 cm³/mol. The lowest BCUT2D eigenvalue weighted by molar-refractivity contribution is -0.384. The zero-order valence-electron chi connectivity index (χ0n) is 14.8. The Kier molecular flexibility index (Phi) is 9.96. The van der Waals surface area contributed by atoms with Crippen LogP contribution in [-0.2, 0) is 0 Å². The third-order valence-corrected chi connectivity index (χ3v) is 4.45. The molecule has 7 nitrogen and oxygen atoms in total. The van der Waals surface area contributed by atoms with Crippen LogP contribution in [0, 0.1) is 10.1 Å². The lowest BCUT2D eigenvalue weighted by atomic mass is 10.1. The third kappa shape index (κ3) is 6.79. The molecule has 0 fully saturated rings. The fourth-order valence-electron chi connectivity index (χ4n) is 2.30. The maximum absolute atomic E-state index is 11.0. The summed E-state index contributed by atoms with van der Waals surface area (Å²) < 4.78 is 0. The Morgan fingerprint density at radius 3 is 2.69 bits per heavy atom. The molecule has 0 aliphatic rings. The molecular formula is C17H24IN5O2S. The third-order valence-electron chi connectivity index (χ3n) is 3.75. The van der Waals surface area contributed by atoms with E-state index < -0.39 is 0 Å². The SMILES string of the molecule is CN=C(NCCNc1ccccc1[N+](=O)[O-])NCC(C)c1ccsc1.I. The number of halogens is 1. The van der Waals surface area contributed by atoms with Gasteiger partial charge in [0, 0.05) is 32.7 Å². The van der Waals surface area contributed by atoms with Crippen LogP contribution >= 0.6 is 35.3 Å². The summed E-state index contributed by atoms with van der Waals surface area (Å²) in [6.45, 7) is 4.09. The number of nitro benzene ring substituents is 1. The van der Waals surface area contributed by atoms with E-state index in [4.69, 9.17) is 0 Å². The predicted octanol–water partition coefficient (Wildman–Crippen LogP) is 3.65. The van der Waals surface area contributed by atoms with Crippen LogP contribution in [0.25, 0.3) is 0 Å². The number of rotatable bonds is 8. The molecule has 0 saturated carbocycles. The highest BCUT2D eigenvalue weighted by molar-refractivity contribution is 14.0. The summed E-state index contributed by atoms with van der Waals surface area (Å²) in [5.41, 5.74) is 1.91. The van der Waals surface area contributed by atoms with Crippen LogP contribution < -0.4 is 16.0 Å². The summed E-state index contributed by atoms with van der Waals surface area (Å²) in [5.74, 6) is 1.11. The summed E-state index contributed by atoms with van der Waals surface area (Å²) in [4.78, 5) is 14.8. The van der Waals surface area contributed by atoms with E-state index in [0.717, 1.165) is 6.54 Å². The van der Waals surface area contributed by atoms with E-state index in [1.54, 1.807) is 36.6 Å². The van der Waals surface area contributed by atoms with Crippen LogP contribution in [0.2, 0.25) is 0 Å². The molecule has 142 valence electrons. The first kappa shape index (κ1) is 22.2. The molecule has 1 unspecified atom stereocenters. The normalized spacial score (nSPS) is 12.0. The van der Waals surface area contributed by atoms with E-state index in [1.807, 2.05) is 0 Å². The molecule has 0 aliphatic heterocycles. The molecule has 2 rings (SSSR count). The monoisotopic (exact) mass is 489 g/mol. The van der Waals surface area contributed by atoms with Gasteiger partial charge in [-0.25, -0.2) is 0 Å². The highest BCUT2D eigenvalue weighted by Crippen LogP contribution is 2.22. The Hall–Kier alpha value is -1.88. The minimum atomic E-state index is -0.387. The van der Waals surface area contributed by atoms with Gasteiger partial charge >= 0.3 is 0 Å². The fraction of sp³-hybridized carbons (Fsp3) is 0.353. The fourth-order valence-corrected chi connectivity index (χ4v) is 3.09. The standard InChI is InChI=1S/C17H23N5O2S.HI/c1-13(14-7-10-25-12-14)11-21-17(18-2)20-9-8-19-15-5-3-4-6-16(15)22(23)24;/h3-7,10,12-13,19H,8-9,11H2,1-2H3,(H2,18,20,21);1H. The molecule has 26 heavy (non-hydrogen) atoms. The van der Waals surface area contributed by atoms with Gasteiger partial charge in [-0.05, 0) is 34.4 Å². The molecule has 0 aliphatic carbocycles. The molecular weight excluding hydrogens is 465 g/mol. The molecule has 3 N–H and O–H groups in total. The van der Waals surface area contributed by atoms with Crippen molar-refractivity contribution in [2.45, 2.75) is 12.8 Å². The van der Waals surface area contributed by atoms with Crippen molar-refractivity contribution in [1.82, 2.24) is 10.6 Å². The second kappa shape index (κ2) is 11.7. The van der Waals surface area contributed by atoms with Crippen molar-refractivity contribution in [2.24, 2.45) is 4.99 Å². The minimum absolute atomic E-state index is 0. The average molecular weight is 489 g/mol. The molecule has 0 spiro atoms. The largest absolute Gasteiger partial charge is 0.378 e. The lowest BCUT2D eigenvalue weighted by Crippen LogP contribution is -2.40. The number of hydrogen-bond acceptors (Lipinski definition) is 5. The van der Waals surface area contributed by atoms with Gasteiger partial charge < -0.3 is 16.0 Å². The molecule has 1 aromatic carbocycles. The first-order valence-electron chi connectivity index (χ1n) is 8.05. The van der Waals surface area contributed by atoms with Gasteiger partial charge in [-0.1, -0.05) is 19.1 Å². The molecule has 0 saturated heterocycles. The number of nitro groups is 1. The first-order chi connectivity index (χ1) is 12.1. The van der Waals surface area contributed by atoms with E-state index in [-0.39, 0.29) is 34.6 Å². The van der Waals surface area contributed by atoms with Gasteiger partial charge in [0.05, 0.1) is 4.92 Å². The Balaban J connectivity index is 0.00000338. The number of guanidine groups is 1. The molecule has 0 amide bonds. The van der Waals surface area contributed by atoms with Crippen LogP contribution in [0.4, 0.5) is 11.4 Å². The smallest absolute Gasteiger partial charge is 0.292 e. The summed E-state index contributed by atoms with van der Waals surface area (Å²) in [5, 5.41) is 24.8. The van der Waals surface area contributed by atoms with Crippen molar-refractivity contribution in [3.63, 3.8) is 0 Å². The molecule has 2 aromatic rings. The van der Waals surface area contributed by atoms with Gasteiger partial charge in [-0.2, -0.15) is 11.3 Å². The lowest BCUT2D eigenvalue weighted by Gasteiger charge is -2.15. The van der Waals surface area contributed by atoms with Crippen molar-refractivity contribution in [3.8, 4) is 0 Å². The Labute approximate surface area is 174 Å². The molecule has 9 heteroatoms. The topological polar surface area (TPSA) is 91.6 Å². The maximum atomic E-state index is 11.0. The second-order valence-corrected chi connectivity index (χ2v) is 6.32. The van der Waals surface area contributed by atoms with Crippen LogP contribution in [0.1, 0.15) is 18.4 Å². The van der Waals surface area contributed by atoms with Gasteiger partial charge in [0.25, 0.3) is 5.69 Å². The first-order valence-corrected chi connectivity index (χ1v) is 9.00. The minimum Gasteiger partial charge on any atom is -0.378 e. The van der Waals surface area contributed by atoms with Gasteiger partial charge in [0.1, 0.15) is 5.69 Å². The summed E-state index contributed by atoms with van der Waals surface area (Å²) in [6, 6.07) is 8.75. The number of benzene rings is 1. The van der Waals surface area contributed by atoms with Crippen LogP contribution in [0.5, 0.6) is 0 Å². The van der Waals surface area contributed by atoms with Crippen LogP contribution in [0.3, 0.4) is 0 Å². The molecule has 0 bridgehead atoms. The van der Waals surface area contributed by atoms with Crippen LogP contribution in [-0.4, -0.2) is 37.6 Å². The van der Waals surface area contributed by atoms with Crippen molar-refractivity contribution >= 4 is 52.6 Å². The van der Waals surface area contributed by atoms with E-state index in [0.29, 0.717) is 30.7 Å². The number of nitrogens with one attached hydrogen (secondary N) is 3. The van der Waals surface area contributed by atoms with Gasteiger partial charge in [-0.3, -0.25) is 15.1 Å². The van der Waals surface area contributed by atoms with Crippen molar-refractivity contribution < 1.29 is 4.92 Å². The quantitative estimate of drug-likeness (QED) is 0.132. The average Bonchev–Trinajstić information content (AvgIpc) is 3.16. The van der Waals surface area contributed by atoms with Crippen molar-refractivity contribution in [3.05, 3.63) is 56.8 Å². The number of thiophene rings is 1. The number of hydrogen-bond donors (Lipinski definition) is 3. The van der Waals surface area contributed by atoms with Gasteiger partial charge in [0.15, 0.2) is 5.96 Å². The Morgan fingerprint density at radius 2 is 2.04 bits per heavy atom. The van der Waals surface area contributed by atoms with E-state index in [1.165, 1.54) is 11.6 Å². The second-order valence-electron chi connectivity index (χ2n) is 5.54. The number of nitrogens with zero attached hydrogens (tertiary/aromatic N) is 2. The van der Waals surface area contributed by atoms with Crippen LogP contribution in [0.15, 0.2) is 46.1 Å². The highest BCUT2D eigenvalue weighted by atomic mass is 127.